The number of benzene rings is 3. The number of halogens is 3. The fourth-order valence-corrected chi connectivity index (χ4v) is 4.59. The number of carbonyl (C=O) groups excluding carboxylic acids is 1. The number of hydrogen-bond donors (Lipinski definition) is 2. The van der Waals surface area contributed by atoms with Gasteiger partial charge >= 0.3 is 6.03 Å². The van der Waals surface area contributed by atoms with Gasteiger partial charge in [-0.3, -0.25) is 4.57 Å². The molecule has 1 atom stereocenters. The number of phenols is 1. The monoisotopic (exact) mass is 629 g/mol. The van der Waals surface area contributed by atoms with Crippen LogP contribution in [0.4, 0.5) is 4.79 Å². The second-order valence-corrected chi connectivity index (χ2v) is 10.0. The molecule has 0 aliphatic heterocycles. The van der Waals surface area contributed by atoms with Crippen LogP contribution in [0.2, 0.25) is 15.1 Å². The molecule has 2 N–H and O–H groups in total. The van der Waals surface area contributed by atoms with Crippen molar-refractivity contribution in [3.8, 4) is 29.1 Å². The largest absolute Gasteiger partial charge is 0.508 e. The molecule has 0 bridgehead atoms. The van der Waals surface area contributed by atoms with Gasteiger partial charge in [0, 0.05) is 35.1 Å². The lowest BCUT2D eigenvalue weighted by Gasteiger charge is -2.22. The molecule has 4 aromatic rings. The van der Waals surface area contributed by atoms with Crippen LogP contribution >= 0.6 is 34.8 Å². The first kappa shape index (κ1) is 32.6. The molecule has 0 aliphatic carbocycles. The average Bonchev–Trinajstić information content (AvgIpc) is 3.53. The molecule has 8 nitrogen and oxygen atoms in total. The topological polar surface area (TPSA) is 97.1 Å². The quantitative estimate of drug-likeness (QED) is 0.202. The maximum atomic E-state index is 12.3. The van der Waals surface area contributed by atoms with Gasteiger partial charge in [-0.25, -0.2) is 9.78 Å². The molecular weight excluding hydrogens is 601 g/mol. The number of aromatic hydroxyl groups is 1. The van der Waals surface area contributed by atoms with E-state index in [1.165, 1.54) is 24.1 Å². The lowest BCUT2D eigenvalue weighted by atomic mass is 10.1. The van der Waals surface area contributed by atoms with Gasteiger partial charge in [-0.2, -0.15) is 0 Å². The van der Waals surface area contributed by atoms with Crippen molar-refractivity contribution in [3.05, 3.63) is 106 Å². The van der Waals surface area contributed by atoms with Gasteiger partial charge in [0.1, 0.15) is 30.5 Å². The Morgan fingerprint density at radius 1 is 1.07 bits per heavy atom. The van der Waals surface area contributed by atoms with Crippen LogP contribution in [-0.4, -0.2) is 57.5 Å². The summed E-state index contributed by atoms with van der Waals surface area (Å²) in [5, 5.41) is 20.8. The molecule has 0 saturated heterocycles. The molecule has 3 aromatic carbocycles. The molecule has 11 heteroatoms. The number of carbonyl (C=O) groups is 1. The first-order chi connectivity index (χ1) is 20.2. The zero-order valence-electron chi connectivity index (χ0n) is 23.0. The molecule has 4 rings (SSSR count). The number of hydrogen-bond acceptors (Lipinski definition) is 6. The third-order valence-corrected chi connectivity index (χ3v) is 6.50. The molecule has 0 saturated carbocycles. The first-order valence-corrected chi connectivity index (χ1v) is 14.0. The summed E-state index contributed by atoms with van der Waals surface area (Å²) < 4.78 is 12.1. The summed E-state index contributed by atoms with van der Waals surface area (Å²) in [6.07, 6.45) is 4.42. The molecule has 0 spiro atoms. The highest BCUT2D eigenvalue weighted by molar-refractivity contribution is 6.40. The first-order valence-electron chi connectivity index (χ1n) is 12.9. The van der Waals surface area contributed by atoms with Crippen LogP contribution in [0.1, 0.15) is 30.6 Å². The Hall–Kier alpha value is -3.87. The summed E-state index contributed by atoms with van der Waals surface area (Å²) in [6.45, 7) is 3.28. The van der Waals surface area contributed by atoms with E-state index in [2.05, 4.69) is 16.8 Å². The maximum absolute atomic E-state index is 12.3. The number of phenolic OH excluding ortho intramolecular Hbond substituents is 1. The number of imidazole rings is 1. The second-order valence-electron chi connectivity index (χ2n) is 8.75. The number of aliphatic hydroxyl groups is 1. The Kier molecular flexibility index (Phi) is 12.9. The molecule has 42 heavy (non-hydrogen) atoms. The van der Waals surface area contributed by atoms with E-state index in [4.69, 9.17) is 44.3 Å². The Balaban J connectivity index is 0.000000235. The molecule has 0 aliphatic rings. The standard InChI is InChI=1S/C16H14O3.C15H16Cl3N3O2/c1-19-13-8-10-16(18)14(11-13)15(17)9-7-12-5-3-2-4-6-12;1-2-4-20(15(22)21-5-3-19-10-21)6-7-23-14-12(17)8-11(16)9-13(14)18/h2-6,8,10-11,15,17-18H,1H3;3,5,8-10H,2,4,6-7H2,1H3. The van der Waals surface area contributed by atoms with Gasteiger partial charge in [-0.15, -0.1) is 0 Å². The van der Waals surface area contributed by atoms with Crippen molar-refractivity contribution in [1.82, 2.24) is 14.5 Å². The smallest absolute Gasteiger partial charge is 0.329 e. The molecule has 0 radical (unpaired) electrons. The number of ether oxygens (including phenoxy) is 2. The summed E-state index contributed by atoms with van der Waals surface area (Å²) in [4.78, 5) is 17.9. The van der Waals surface area contributed by atoms with E-state index in [-0.39, 0.29) is 18.4 Å². The minimum Gasteiger partial charge on any atom is -0.508 e. The van der Waals surface area contributed by atoms with Crippen molar-refractivity contribution in [1.29, 1.82) is 0 Å². The van der Waals surface area contributed by atoms with E-state index < -0.39 is 6.10 Å². The Bertz CT molecular complexity index is 1480. The summed E-state index contributed by atoms with van der Waals surface area (Å²) >= 11 is 18.0. The second kappa shape index (κ2) is 16.5. The SMILES string of the molecule is CCCN(CCOc1c(Cl)cc(Cl)cc1Cl)C(=O)n1ccnc1.COc1ccc(O)c(C(O)C#Cc2ccccc2)c1. The van der Waals surface area contributed by atoms with E-state index in [9.17, 15) is 15.0 Å². The van der Waals surface area contributed by atoms with Crippen LogP contribution in [0.3, 0.4) is 0 Å². The van der Waals surface area contributed by atoms with Crippen LogP contribution < -0.4 is 9.47 Å². The van der Waals surface area contributed by atoms with Crippen molar-refractivity contribution in [2.45, 2.75) is 19.4 Å². The van der Waals surface area contributed by atoms with Crippen LogP contribution in [0.5, 0.6) is 17.2 Å². The fraction of sp³-hybridized carbons (Fsp3) is 0.226. The summed E-state index contributed by atoms with van der Waals surface area (Å²) in [5.74, 6) is 6.48. The Morgan fingerprint density at radius 3 is 2.40 bits per heavy atom. The normalized spacial score (nSPS) is 10.9. The summed E-state index contributed by atoms with van der Waals surface area (Å²) in [5.41, 5.74) is 1.15. The average molecular weight is 631 g/mol. The minimum atomic E-state index is -1.06. The van der Waals surface area contributed by atoms with E-state index in [0.29, 0.717) is 45.2 Å². The van der Waals surface area contributed by atoms with Gasteiger partial charge in [0.25, 0.3) is 0 Å². The van der Waals surface area contributed by atoms with E-state index in [1.54, 1.807) is 41.6 Å². The van der Waals surface area contributed by atoms with E-state index >= 15 is 0 Å². The highest BCUT2D eigenvalue weighted by Crippen LogP contribution is 2.35. The zero-order chi connectivity index (χ0) is 30.5. The predicted octanol–water partition coefficient (Wildman–Crippen LogP) is 7.09. The highest BCUT2D eigenvalue weighted by Gasteiger charge is 2.16. The fourth-order valence-electron chi connectivity index (χ4n) is 3.66. The lowest BCUT2D eigenvalue weighted by Crippen LogP contribution is -2.37. The number of aliphatic hydroxyl groups excluding tert-OH is 1. The molecule has 1 heterocycles. The number of aromatic nitrogens is 2. The Labute approximate surface area is 260 Å². The molecule has 1 unspecified atom stereocenters. The maximum Gasteiger partial charge on any atom is 0.329 e. The molecule has 1 amide bonds. The molecule has 220 valence electrons. The minimum absolute atomic E-state index is 0.00402. The molecule has 1 aromatic heterocycles. The van der Waals surface area contributed by atoms with Gasteiger partial charge in [0.2, 0.25) is 0 Å². The van der Waals surface area contributed by atoms with Crippen molar-refractivity contribution in [3.63, 3.8) is 0 Å². The summed E-state index contributed by atoms with van der Waals surface area (Å²) in [6, 6.07) is 17.0. The Morgan fingerprint density at radius 2 is 1.79 bits per heavy atom. The van der Waals surface area contributed by atoms with Crippen molar-refractivity contribution in [2.24, 2.45) is 0 Å². The van der Waals surface area contributed by atoms with Crippen molar-refractivity contribution >= 4 is 40.8 Å². The number of nitrogens with zero attached hydrogens (tertiary/aromatic N) is 3. The van der Waals surface area contributed by atoms with Crippen LogP contribution in [-0.2, 0) is 0 Å². The van der Waals surface area contributed by atoms with Gasteiger partial charge in [-0.1, -0.05) is 71.8 Å². The third kappa shape index (κ3) is 9.61. The van der Waals surface area contributed by atoms with Crippen molar-refractivity contribution < 1.29 is 24.5 Å². The highest BCUT2D eigenvalue weighted by atomic mass is 35.5. The number of rotatable bonds is 8. The van der Waals surface area contributed by atoms with Crippen molar-refractivity contribution in [2.75, 3.05) is 26.8 Å². The number of methoxy groups -OCH3 is 1. The van der Waals surface area contributed by atoms with Gasteiger partial charge in [0.05, 0.1) is 23.7 Å². The summed E-state index contributed by atoms with van der Waals surface area (Å²) in [7, 11) is 1.53. The molecular formula is C31H30Cl3N3O5. The third-order valence-electron chi connectivity index (χ3n) is 5.72. The lowest BCUT2D eigenvalue weighted by molar-refractivity contribution is 0.184. The van der Waals surface area contributed by atoms with Crippen LogP contribution in [0, 0.1) is 11.8 Å². The predicted molar refractivity (Wildman–Crippen MR) is 165 cm³/mol. The van der Waals surface area contributed by atoms with Crippen LogP contribution in [0.25, 0.3) is 0 Å². The van der Waals surface area contributed by atoms with Gasteiger partial charge < -0.3 is 24.6 Å². The van der Waals surface area contributed by atoms with E-state index in [0.717, 1.165) is 12.0 Å². The molecule has 0 fully saturated rings. The zero-order valence-corrected chi connectivity index (χ0v) is 25.3. The van der Waals surface area contributed by atoms with E-state index in [1.807, 2.05) is 37.3 Å². The van der Waals surface area contributed by atoms with Gasteiger partial charge in [-0.05, 0) is 48.9 Å². The van der Waals surface area contributed by atoms with Crippen LogP contribution in [0.15, 0.2) is 79.4 Å². The van der Waals surface area contributed by atoms with Gasteiger partial charge in [0.15, 0.2) is 5.75 Å². The number of amides is 1.